The van der Waals surface area contributed by atoms with Crippen LogP contribution in [-0.2, 0) is 0 Å². The van der Waals surface area contributed by atoms with Gasteiger partial charge in [-0.1, -0.05) is 0 Å². The van der Waals surface area contributed by atoms with Crippen molar-refractivity contribution in [1.82, 2.24) is 5.32 Å². The molecule has 6 heteroatoms. The Kier molecular flexibility index (Phi) is 2.60. The maximum atomic E-state index is 12.1. The number of hydrogen-bond donors (Lipinski definition) is 3. The van der Waals surface area contributed by atoms with Gasteiger partial charge in [0.1, 0.15) is 0 Å². The highest BCUT2D eigenvalue weighted by atomic mass is 19.4. The number of β-amino-alcohol motifs (C(OH)–C–C–N with tert-alkyl or cyclic N) is 1. The van der Waals surface area contributed by atoms with Crippen molar-refractivity contribution in [2.45, 2.75) is 18.4 Å². The first kappa shape index (κ1) is 9.76. The van der Waals surface area contributed by atoms with E-state index >= 15 is 0 Å². The van der Waals surface area contributed by atoms with E-state index in [1.807, 2.05) is 0 Å². The highest BCUT2D eigenvalue weighted by Gasteiger charge is 2.48. The van der Waals surface area contributed by atoms with E-state index in [0.717, 1.165) is 0 Å². The lowest BCUT2D eigenvalue weighted by atomic mass is 9.93. The minimum Gasteiger partial charge on any atom is -0.390 e. The van der Waals surface area contributed by atoms with Crippen LogP contribution in [0, 0.1) is 5.92 Å². The standard InChI is InChI=1S/C6H10F3NO2/c7-6(8,9)3-1-10-2-4(11)5(3)12/h3-5,10-12H,1-2H2/t3-,4+,5+/m0/s1. The van der Waals surface area contributed by atoms with Crippen LogP contribution in [0.1, 0.15) is 0 Å². The fraction of sp³-hybridized carbons (Fsp3) is 1.00. The van der Waals surface area contributed by atoms with E-state index in [4.69, 9.17) is 10.2 Å². The van der Waals surface area contributed by atoms with E-state index in [2.05, 4.69) is 5.32 Å². The Morgan fingerprint density at radius 3 is 2.17 bits per heavy atom. The van der Waals surface area contributed by atoms with Crippen molar-refractivity contribution in [3.05, 3.63) is 0 Å². The fourth-order valence-corrected chi connectivity index (χ4v) is 1.21. The molecule has 1 saturated heterocycles. The van der Waals surface area contributed by atoms with E-state index < -0.39 is 24.3 Å². The average Bonchev–Trinajstić information content (AvgIpc) is 1.92. The van der Waals surface area contributed by atoms with Crippen LogP contribution < -0.4 is 5.32 Å². The summed E-state index contributed by atoms with van der Waals surface area (Å²) in [5.74, 6) is -1.86. The molecule has 0 bridgehead atoms. The molecule has 72 valence electrons. The molecular weight excluding hydrogens is 175 g/mol. The first-order chi connectivity index (χ1) is 5.43. The largest absolute Gasteiger partial charge is 0.395 e. The molecular formula is C6H10F3NO2. The molecule has 1 aliphatic heterocycles. The lowest BCUT2D eigenvalue weighted by Gasteiger charge is -2.33. The van der Waals surface area contributed by atoms with Gasteiger partial charge in [-0.25, -0.2) is 0 Å². The molecule has 3 N–H and O–H groups in total. The second-order valence-electron chi connectivity index (χ2n) is 2.86. The van der Waals surface area contributed by atoms with Crippen molar-refractivity contribution in [2.24, 2.45) is 5.92 Å². The Balaban J connectivity index is 2.64. The van der Waals surface area contributed by atoms with E-state index in [1.165, 1.54) is 0 Å². The molecule has 0 aliphatic carbocycles. The molecule has 0 aromatic rings. The van der Waals surface area contributed by atoms with Crippen LogP contribution >= 0.6 is 0 Å². The number of piperidine rings is 1. The van der Waals surface area contributed by atoms with Gasteiger partial charge >= 0.3 is 6.18 Å². The predicted octanol–water partition coefficient (Wildman–Crippen LogP) is -0.510. The van der Waals surface area contributed by atoms with E-state index in [-0.39, 0.29) is 13.1 Å². The molecule has 12 heavy (non-hydrogen) atoms. The summed E-state index contributed by atoms with van der Waals surface area (Å²) in [5.41, 5.74) is 0. The third kappa shape index (κ3) is 1.88. The highest BCUT2D eigenvalue weighted by molar-refractivity contribution is 4.88. The number of nitrogens with one attached hydrogen (secondary N) is 1. The molecule has 0 radical (unpaired) electrons. The molecule has 0 aromatic carbocycles. The van der Waals surface area contributed by atoms with Crippen LogP contribution in [-0.4, -0.2) is 41.7 Å². The van der Waals surface area contributed by atoms with Crippen molar-refractivity contribution in [3.63, 3.8) is 0 Å². The summed E-state index contributed by atoms with van der Waals surface area (Å²) in [4.78, 5) is 0. The molecule has 1 aliphatic rings. The quantitative estimate of drug-likeness (QED) is 0.476. The van der Waals surface area contributed by atoms with E-state index in [1.54, 1.807) is 0 Å². The van der Waals surface area contributed by atoms with Gasteiger partial charge in [-0.05, 0) is 0 Å². The molecule has 1 rings (SSSR count). The Morgan fingerprint density at radius 1 is 1.17 bits per heavy atom. The minimum absolute atomic E-state index is 0.00769. The minimum atomic E-state index is -4.45. The third-order valence-corrected chi connectivity index (χ3v) is 1.94. The number of rotatable bonds is 0. The monoisotopic (exact) mass is 185 g/mol. The van der Waals surface area contributed by atoms with Gasteiger partial charge < -0.3 is 15.5 Å². The third-order valence-electron chi connectivity index (χ3n) is 1.94. The highest BCUT2D eigenvalue weighted by Crippen LogP contribution is 2.31. The van der Waals surface area contributed by atoms with Gasteiger partial charge in [0.2, 0.25) is 0 Å². The summed E-state index contributed by atoms with van der Waals surface area (Å²) in [6, 6.07) is 0. The zero-order valence-corrected chi connectivity index (χ0v) is 6.17. The molecule has 0 aromatic heterocycles. The number of aliphatic hydroxyl groups excluding tert-OH is 2. The Hall–Kier alpha value is -0.330. The van der Waals surface area contributed by atoms with Crippen LogP contribution in [0.25, 0.3) is 0 Å². The second kappa shape index (κ2) is 3.20. The number of aliphatic hydroxyl groups is 2. The number of halogens is 3. The van der Waals surface area contributed by atoms with Gasteiger partial charge in [0.05, 0.1) is 18.1 Å². The van der Waals surface area contributed by atoms with Crippen LogP contribution in [0.2, 0.25) is 0 Å². The molecule has 3 nitrogen and oxygen atoms in total. The zero-order chi connectivity index (χ0) is 9.35. The van der Waals surface area contributed by atoms with Crippen molar-refractivity contribution in [3.8, 4) is 0 Å². The molecule has 0 amide bonds. The SMILES string of the molecule is O[C@H]1[C@H](O)CNC[C@@H]1C(F)(F)F. The van der Waals surface area contributed by atoms with E-state index in [9.17, 15) is 13.2 Å². The summed E-state index contributed by atoms with van der Waals surface area (Å²) < 4.78 is 36.2. The van der Waals surface area contributed by atoms with Gasteiger partial charge in [-0.2, -0.15) is 13.2 Å². The first-order valence-corrected chi connectivity index (χ1v) is 3.56. The smallest absolute Gasteiger partial charge is 0.390 e. The van der Waals surface area contributed by atoms with Gasteiger partial charge in [0.25, 0.3) is 0 Å². The summed E-state index contributed by atoms with van der Waals surface area (Å²) in [7, 11) is 0. The molecule has 0 saturated carbocycles. The topological polar surface area (TPSA) is 52.5 Å². The Labute approximate surface area is 67.2 Å². The normalized spacial score (nSPS) is 38.2. The van der Waals surface area contributed by atoms with Crippen LogP contribution in [0.15, 0.2) is 0 Å². The van der Waals surface area contributed by atoms with Gasteiger partial charge in [0, 0.05) is 13.1 Å². The Morgan fingerprint density at radius 2 is 1.75 bits per heavy atom. The number of hydrogen-bond acceptors (Lipinski definition) is 3. The second-order valence-corrected chi connectivity index (χ2v) is 2.86. The van der Waals surface area contributed by atoms with Crippen LogP contribution in [0.5, 0.6) is 0 Å². The van der Waals surface area contributed by atoms with Crippen LogP contribution in [0.4, 0.5) is 13.2 Å². The van der Waals surface area contributed by atoms with Crippen LogP contribution in [0.3, 0.4) is 0 Å². The predicted molar refractivity (Wildman–Crippen MR) is 34.4 cm³/mol. The molecule has 3 atom stereocenters. The number of alkyl halides is 3. The average molecular weight is 185 g/mol. The summed E-state index contributed by atoms with van der Waals surface area (Å²) in [6.07, 6.45) is -7.48. The van der Waals surface area contributed by atoms with Crippen molar-refractivity contribution < 1.29 is 23.4 Å². The summed E-state index contributed by atoms with van der Waals surface area (Å²) >= 11 is 0. The lowest BCUT2D eigenvalue weighted by Crippen LogP contribution is -2.55. The Bertz CT molecular complexity index is 161. The van der Waals surface area contributed by atoms with Gasteiger partial charge in [-0.3, -0.25) is 0 Å². The fourth-order valence-electron chi connectivity index (χ4n) is 1.21. The molecule has 1 heterocycles. The zero-order valence-electron chi connectivity index (χ0n) is 6.17. The van der Waals surface area contributed by atoms with Gasteiger partial charge in [-0.15, -0.1) is 0 Å². The summed E-state index contributed by atoms with van der Waals surface area (Å²) in [6.45, 7) is -0.324. The first-order valence-electron chi connectivity index (χ1n) is 3.56. The molecule has 0 spiro atoms. The maximum Gasteiger partial charge on any atom is 0.395 e. The van der Waals surface area contributed by atoms with Gasteiger partial charge in [0.15, 0.2) is 0 Å². The van der Waals surface area contributed by atoms with Crippen molar-refractivity contribution in [2.75, 3.05) is 13.1 Å². The maximum absolute atomic E-state index is 12.1. The summed E-state index contributed by atoms with van der Waals surface area (Å²) in [5, 5.41) is 20.3. The van der Waals surface area contributed by atoms with E-state index in [0.29, 0.717) is 0 Å². The van der Waals surface area contributed by atoms with Crippen molar-refractivity contribution >= 4 is 0 Å². The van der Waals surface area contributed by atoms with Crippen molar-refractivity contribution in [1.29, 1.82) is 0 Å². The molecule has 1 fully saturated rings. The lowest BCUT2D eigenvalue weighted by molar-refractivity contribution is -0.217. The molecule has 0 unspecified atom stereocenters.